The van der Waals surface area contributed by atoms with Gasteiger partial charge in [0.05, 0.1) is 32.7 Å². The first kappa shape index (κ1) is 17.0. The minimum atomic E-state index is -0.831. The topological polar surface area (TPSA) is 34.0 Å². The average Bonchev–Trinajstić information content (AvgIpc) is 3.02. The third kappa shape index (κ3) is 3.64. The number of piperazine rings is 1. The molecule has 0 bridgehead atoms. The predicted molar refractivity (Wildman–Crippen MR) is 95.5 cm³/mol. The Kier molecular flexibility index (Phi) is 4.95. The number of hydrogen-bond donors (Lipinski definition) is 1. The van der Waals surface area contributed by atoms with Crippen LogP contribution >= 0.6 is 0 Å². The van der Waals surface area contributed by atoms with Crippen LogP contribution in [-0.2, 0) is 17.6 Å². The van der Waals surface area contributed by atoms with Crippen LogP contribution in [0.2, 0.25) is 0 Å². The molecule has 4 heteroatoms. The van der Waals surface area contributed by atoms with E-state index in [1.807, 2.05) is 30.9 Å². The lowest BCUT2D eigenvalue weighted by Crippen LogP contribution is -3.14. The van der Waals surface area contributed by atoms with E-state index < -0.39 is 5.60 Å². The Hall–Kier alpha value is -1.81. The van der Waals surface area contributed by atoms with Gasteiger partial charge in [0.25, 0.3) is 5.91 Å². The highest BCUT2D eigenvalue weighted by Gasteiger charge is 2.36. The number of nitrogens with zero attached hydrogens (tertiary/aromatic N) is 1. The molecule has 0 unspecified atom stereocenters. The minimum absolute atomic E-state index is 0.0839. The molecule has 2 aliphatic rings. The molecule has 1 fully saturated rings. The smallest absolute Gasteiger partial charge is 0.266 e. The maximum Gasteiger partial charge on any atom is 0.266 e. The lowest BCUT2D eigenvalue weighted by Gasteiger charge is -2.36. The number of quaternary nitrogens is 1. The van der Waals surface area contributed by atoms with Gasteiger partial charge < -0.3 is 14.5 Å². The number of aryl methyl sites for hydroxylation is 2. The van der Waals surface area contributed by atoms with Crippen LogP contribution in [0.25, 0.3) is 0 Å². The molecule has 130 valence electrons. The predicted octanol–water partition coefficient (Wildman–Crippen LogP) is 1.25. The van der Waals surface area contributed by atoms with Gasteiger partial charge >= 0.3 is 0 Å². The first-order valence-electron chi connectivity index (χ1n) is 9.04. The molecule has 0 radical (unpaired) electrons. The first-order valence-corrected chi connectivity index (χ1v) is 9.04. The maximum atomic E-state index is 12.9. The molecule has 0 saturated carbocycles. The van der Waals surface area contributed by atoms with E-state index >= 15 is 0 Å². The van der Waals surface area contributed by atoms with Gasteiger partial charge in [0.2, 0.25) is 0 Å². The van der Waals surface area contributed by atoms with Crippen LogP contribution in [-0.4, -0.2) is 49.1 Å². The Morgan fingerprint density at radius 1 is 1.29 bits per heavy atom. The van der Waals surface area contributed by atoms with Crippen molar-refractivity contribution < 1.29 is 14.4 Å². The van der Waals surface area contributed by atoms with Gasteiger partial charge in [-0.1, -0.05) is 12.6 Å². The molecule has 24 heavy (non-hydrogen) atoms. The lowest BCUT2D eigenvalue weighted by molar-refractivity contribution is -0.898. The number of amides is 1. The molecule has 1 heterocycles. The molecular weight excluding hydrogens is 300 g/mol. The monoisotopic (exact) mass is 329 g/mol. The fourth-order valence-corrected chi connectivity index (χ4v) is 3.77. The number of hydrogen-bond acceptors (Lipinski definition) is 2. The normalized spacial score (nSPS) is 18.3. The first-order chi connectivity index (χ1) is 11.5. The van der Waals surface area contributed by atoms with Crippen LogP contribution in [0, 0.1) is 0 Å². The van der Waals surface area contributed by atoms with Gasteiger partial charge in [-0.15, -0.1) is 0 Å². The van der Waals surface area contributed by atoms with E-state index in [4.69, 9.17) is 4.74 Å². The number of carbonyl (C=O) groups excluding carboxylic acids is 1. The Balaban J connectivity index is 1.62. The zero-order valence-corrected chi connectivity index (χ0v) is 14.9. The standard InChI is InChI=1S/C20H28N2O2/c1-4-10-21-11-13-22(14-12-21)19(23)20(2,3)24-18-9-8-16-6-5-7-17(16)15-18/h4,8-9,15H,1,5-7,10-14H2,2-3H3/p+1. The third-order valence-electron chi connectivity index (χ3n) is 5.15. The van der Waals surface area contributed by atoms with E-state index in [0.29, 0.717) is 0 Å². The van der Waals surface area contributed by atoms with Gasteiger partial charge in [-0.2, -0.15) is 0 Å². The van der Waals surface area contributed by atoms with Gasteiger partial charge in [0, 0.05) is 0 Å². The minimum Gasteiger partial charge on any atom is -0.478 e. The largest absolute Gasteiger partial charge is 0.478 e. The molecular formula is C20H29N2O2+. The molecule has 1 aliphatic carbocycles. The SMILES string of the molecule is C=CC[NH+]1CCN(C(=O)C(C)(C)Oc2ccc3c(c2)CCC3)CC1. The van der Waals surface area contributed by atoms with Crippen LogP contribution in [0.3, 0.4) is 0 Å². The van der Waals surface area contributed by atoms with Crippen LogP contribution in [0.15, 0.2) is 30.9 Å². The summed E-state index contributed by atoms with van der Waals surface area (Å²) in [5, 5.41) is 0. The molecule has 1 aliphatic heterocycles. The summed E-state index contributed by atoms with van der Waals surface area (Å²) in [5.41, 5.74) is 1.97. The van der Waals surface area contributed by atoms with Crippen molar-refractivity contribution in [3.8, 4) is 5.75 Å². The van der Waals surface area contributed by atoms with E-state index in [-0.39, 0.29) is 5.91 Å². The highest BCUT2D eigenvalue weighted by Crippen LogP contribution is 2.28. The number of carbonyl (C=O) groups is 1. The van der Waals surface area contributed by atoms with Crippen LogP contribution in [0.5, 0.6) is 5.75 Å². The molecule has 3 rings (SSSR count). The van der Waals surface area contributed by atoms with Crippen molar-refractivity contribution in [1.29, 1.82) is 0 Å². The summed E-state index contributed by atoms with van der Waals surface area (Å²) in [6.07, 6.45) is 5.45. The van der Waals surface area contributed by atoms with E-state index in [0.717, 1.165) is 51.3 Å². The molecule has 1 aromatic rings. The van der Waals surface area contributed by atoms with Crippen molar-refractivity contribution in [2.24, 2.45) is 0 Å². The molecule has 0 spiro atoms. The Morgan fingerprint density at radius 3 is 2.71 bits per heavy atom. The van der Waals surface area contributed by atoms with Gasteiger partial charge in [-0.05, 0) is 62.4 Å². The summed E-state index contributed by atoms with van der Waals surface area (Å²) >= 11 is 0. The third-order valence-corrected chi connectivity index (χ3v) is 5.15. The number of benzene rings is 1. The fourth-order valence-electron chi connectivity index (χ4n) is 3.77. The van der Waals surface area contributed by atoms with Crippen LogP contribution in [0.1, 0.15) is 31.4 Å². The molecule has 0 atom stereocenters. The van der Waals surface area contributed by atoms with Gasteiger partial charge in [0.15, 0.2) is 5.60 Å². The summed E-state index contributed by atoms with van der Waals surface area (Å²) in [5.74, 6) is 0.894. The number of nitrogens with one attached hydrogen (secondary N) is 1. The zero-order valence-electron chi connectivity index (χ0n) is 14.9. The van der Waals surface area contributed by atoms with E-state index in [1.165, 1.54) is 22.4 Å². The van der Waals surface area contributed by atoms with Gasteiger partial charge in [-0.25, -0.2) is 0 Å². The summed E-state index contributed by atoms with van der Waals surface area (Å²) in [4.78, 5) is 16.3. The van der Waals surface area contributed by atoms with Crippen LogP contribution in [0.4, 0.5) is 0 Å². The Labute approximate surface area is 145 Å². The molecule has 4 nitrogen and oxygen atoms in total. The van der Waals surface area contributed by atoms with Gasteiger partial charge in [-0.3, -0.25) is 4.79 Å². The maximum absolute atomic E-state index is 12.9. The second-order valence-corrected chi connectivity index (χ2v) is 7.43. The van der Waals surface area contributed by atoms with Crippen molar-refractivity contribution in [2.75, 3.05) is 32.7 Å². The molecule has 1 N–H and O–H groups in total. The van der Waals surface area contributed by atoms with E-state index in [2.05, 4.69) is 18.7 Å². The number of ether oxygens (including phenoxy) is 1. The Morgan fingerprint density at radius 2 is 2.00 bits per heavy atom. The number of fused-ring (bicyclic) bond motifs is 1. The lowest BCUT2D eigenvalue weighted by atomic mass is 10.1. The van der Waals surface area contributed by atoms with Crippen molar-refractivity contribution >= 4 is 5.91 Å². The zero-order chi connectivity index (χ0) is 17.2. The van der Waals surface area contributed by atoms with Crippen molar-refractivity contribution in [3.63, 3.8) is 0 Å². The second kappa shape index (κ2) is 6.98. The summed E-state index contributed by atoms with van der Waals surface area (Å²) in [6.45, 7) is 12.1. The number of rotatable bonds is 5. The Bertz CT molecular complexity index is 616. The second-order valence-electron chi connectivity index (χ2n) is 7.43. The summed E-state index contributed by atoms with van der Waals surface area (Å²) in [6, 6.07) is 6.27. The average molecular weight is 329 g/mol. The van der Waals surface area contributed by atoms with E-state index in [1.54, 1.807) is 0 Å². The summed E-state index contributed by atoms with van der Waals surface area (Å²) in [7, 11) is 0. The molecule has 1 amide bonds. The molecule has 0 aromatic heterocycles. The van der Waals surface area contributed by atoms with Crippen molar-refractivity contribution in [3.05, 3.63) is 42.0 Å². The van der Waals surface area contributed by atoms with Crippen molar-refractivity contribution in [1.82, 2.24) is 4.90 Å². The van der Waals surface area contributed by atoms with Crippen molar-refractivity contribution in [2.45, 2.75) is 38.7 Å². The van der Waals surface area contributed by atoms with Crippen LogP contribution < -0.4 is 9.64 Å². The molecule has 1 aromatic carbocycles. The van der Waals surface area contributed by atoms with Gasteiger partial charge in [0.1, 0.15) is 5.75 Å². The molecule has 1 saturated heterocycles. The highest BCUT2D eigenvalue weighted by atomic mass is 16.5. The summed E-state index contributed by atoms with van der Waals surface area (Å²) < 4.78 is 6.10. The quantitative estimate of drug-likeness (QED) is 0.825. The highest BCUT2D eigenvalue weighted by molar-refractivity contribution is 5.84. The van der Waals surface area contributed by atoms with E-state index in [9.17, 15) is 4.79 Å². The fraction of sp³-hybridized carbons (Fsp3) is 0.550.